The Balaban J connectivity index is 1.62. The summed E-state index contributed by atoms with van der Waals surface area (Å²) in [6.07, 6.45) is 2.45. The van der Waals surface area contributed by atoms with E-state index in [1.165, 1.54) is 22.9 Å². The van der Waals surface area contributed by atoms with Crippen molar-refractivity contribution < 1.29 is 4.74 Å². The van der Waals surface area contributed by atoms with Crippen molar-refractivity contribution >= 4 is 15.9 Å². The van der Waals surface area contributed by atoms with Crippen LogP contribution in [0, 0.1) is 0 Å². The smallest absolute Gasteiger partial charge is 0.0672 e. The van der Waals surface area contributed by atoms with Gasteiger partial charge in [-0.1, -0.05) is 46.3 Å². The van der Waals surface area contributed by atoms with Crippen molar-refractivity contribution in [2.45, 2.75) is 31.7 Å². The molecule has 0 spiro atoms. The van der Waals surface area contributed by atoms with Gasteiger partial charge in [-0.25, -0.2) is 0 Å². The van der Waals surface area contributed by atoms with Crippen molar-refractivity contribution in [1.29, 1.82) is 0 Å². The average molecular weight is 324 g/mol. The number of nitrogens with one attached hydrogen (secondary N) is 1. The van der Waals surface area contributed by atoms with Gasteiger partial charge in [0.15, 0.2) is 0 Å². The first-order valence-electron chi connectivity index (χ1n) is 6.86. The van der Waals surface area contributed by atoms with E-state index in [1.54, 1.807) is 0 Å². The maximum atomic E-state index is 5.48. The molecule has 1 aromatic rings. The van der Waals surface area contributed by atoms with E-state index < -0.39 is 0 Å². The molecule has 1 aromatic carbocycles. The molecule has 2 nitrogen and oxygen atoms in total. The molecule has 1 N–H and O–H groups in total. The van der Waals surface area contributed by atoms with Crippen LogP contribution in [0.2, 0.25) is 0 Å². The first-order valence-corrected chi connectivity index (χ1v) is 7.66. The molecule has 19 heavy (non-hydrogen) atoms. The molecule has 1 aliphatic rings. The summed E-state index contributed by atoms with van der Waals surface area (Å²) in [6, 6.07) is 9.18. The molecule has 104 valence electrons. The predicted octanol–water partition coefficient (Wildman–Crippen LogP) is 3.88. The topological polar surface area (TPSA) is 21.3 Å². The zero-order valence-electron chi connectivity index (χ0n) is 11.5. The number of ether oxygens (including phenoxy) is 1. The summed E-state index contributed by atoms with van der Waals surface area (Å²) in [4.78, 5) is 0. The molecule has 3 heteroatoms. The summed E-state index contributed by atoms with van der Waals surface area (Å²) >= 11 is 3.63. The number of hydrogen-bond acceptors (Lipinski definition) is 2. The van der Waals surface area contributed by atoms with Gasteiger partial charge in [-0.3, -0.25) is 0 Å². The van der Waals surface area contributed by atoms with Crippen LogP contribution in [0.3, 0.4) is 0 Å². The van der Waals surface area contributed by atoms with Crippen molar-refractivity contribution in [1.82, 2.24) is 5.32 Å². The maximum absolute atomic E-state index is 5.48. The van der Waals surface area contributed by atoms with Crippen molar-refractivity contribution in [3.63, 3.8) is 0 Å². The molecule has 1 fully saturated rings. The van der Waals surface area contributed by atoms with Gasteiger partial charge in [0, 0.05) is 17.1 Å². The SMILES string of the molecule is C=C(C)COCCNC1CC(c2ccccc2Br)C1. The lowest BCUT2D eigenvalue weighted by atomic mass is 9.76. The minimum absolute atomic E-state index is 0.644. The van der Waals surface area contributed by atoms with Gasteiger partial charge >= 0.3 is 0 Å². The van der Waals surface area contributed by atoms with E-state index in [0.717, 1.165) is 18.7 Å². The summed E-state index contributed by atoms with van der Waals surface area (Å²) in [7, 11) is 0. The quantitative estimate of drug-likeness (QED) is 0.607. The van der Waals surface area contributed by atoms with Crippen molar-refractivity contribution in [3.8, 4) is 0 Å². The van der Waals surface area contributed by atoms with Gasteiger partial charge in [-0.15, -0.1) is 0 Å². The number of benzene rings is 1. The second kappa shape index (κ2) is 7.22. The third-order valence-electron chi connectivity index (χ3n) is 3.51. The van der Waals surface area contributed by atoms with E-state index in [2.05, 4.69) is 52.1 Å². The first kappa shape index (κ1) is 14.8. The van der Waals surface area contributed by atoms with E-state index >= 15 is 0 Å². The van der Waals surface area contributed by atoms with Gasteiger partial charge < -0.3 is 10.1 Å². The summed E-state index contributed by atoms with van der Waals surface area (Å²) < 4.78 is 6.71. The van der Waals surface area contributed by atoms with E-state index in [9.17, 15) is 0 Å². The summed E-state index contributed by atoms with van der Waals surface area (Å²) in [5.41, 5.74) is 2.52. The third kappa shape index (κ3) is 4.44. The second-order valence-electron chi connectivity index (χ2n) is 5.35. The van der Waals surface area contributed by atoms with Crippen LogP contribution < -0.4 is 5.32 Å². The lowest BCUT2D eigenvalue weighted by molar-refractivity contribution is 0.148. The average Bonchev–Trinajstić information content (AvgIpc) is 2.32. The number of hydrogen-bond donors (Lipinski definition) is 1. The standard InChI is InChI=1S/C16H22BrNO/c1-12(2)11-19-8-7-18-14-9-13(10-14)15-5-3-4-6-16(15)17/h3-6,13-14,18H,1,7-11H2,2H3. The van der Waals surface area contributed by atoms with Crippen LogP contribution in [0.1, 0.15) is 31.2 Å². The monoisotopic (exact) mass is 323 g/mol. The van der Waals surface area contributed by atoms with E-state index in [1.807, 2.05) is 6.92 Å². The molecule has 0 saturated heterocycles. The Morgan fingerprint density at radius 3 is 2.84 bits per heavy atom. The van der Waals surface area contributed by atoms with E-state index in [-0.39, 0.29) is 0 Å². The highest BCUT2D eigenvalue weighted by Gasteiger charge is 2.30. The summed E-state index contributed by atoms with van der Waals surface area (Å²) in [5, 5.41) is 3.54. The molecule has 0 amide bonds. The second-order valence-corrected chi connectivity index (χ2v) is 6.20. The van der Waals surface area contributed by atoms with Crippen molar-refractivity contribution in [2.24, 2.45) is 0 Å². The molecule has 1 aliphatic carbocycles. The Labute approximate surface area is 124 Å². The normalized spacial score (nSPS) is 22.0. The Morgan fingerprint density at radius 1 is 1.42 bits per heavy atom. The highest BCUT2D eigenvalue weighted by Crippen LogP contribution is 2.39. The highest BCUT2D eigenvalue weighted by molar-refractivity contribution is 9.10. The van der Waals surface area contributed by atoms with Crippen LogP contribution in [0.4, 0.5) is 0 Å². The van der Waals surface area contributed by atoms with E-state index in [0.29, 0.717) is 18.6 Å². The van der Waals surface area contributed by atoms with Crippen LogP contribution in [-0.4, -0.2) is 25.8 Å². The third-order valence-corrected chi connectivity index (χ3v) is 4.23. The zero-order chi connectivity index (χ0) is 13.7. The molecule has 0 bridgehead atoms. The van der Waals surface area contributed by atoms with Crippen LogP contribution in [0.25, 0.3) is 0 Å². The molecule has 0 radical (unpaired) electrons. The minimum atomic E-state index is 0.644. The largest absolute Gasteiger partial charge is 0.376 e. The molecule has 0 aliphatic heterocycles. The fourth-order valence-corrected chi connectivity index (χ4v) is 3.03. The lowest BCUT2D eigenvalue weighted by Crippen LogP contribution is -2.41. The minimum Gasteiger partial charge on any atom is -0.376 e. The Bertz CT molecular complexity index is 427. The fourth-order valence-electron chi connectivity index (χ4n) is 2.43. The molecule has 0 heterocycles. The molecule has 1 saturated carbocycles. The van der Waals surface area contributed by atoms with E-state index in [4.69, 9.17) is 4.74 Å². The van der Waals surface area contributed by atoms with Gasteiger partial charge in [-0.05, 0) is 37.3 Å². The molecule has 0 atom stereocenters. The van der Waals surface area contributed by atoms with Crippen LogP contribution in [0.15, 0.2) is 40.9 Å². The predicted molar refractivity (Wildman–Crippen MR) is 83.5 cm³/mol. The molecule has 2 rings (SSSR count). The molecule has 0 unspecified atom stereocenters. The Morgan fingerprint density at radius 2 is 2.16 bits per heavy atom. The lowest BCUT2D eigenvalue weighted by Gasteiger charge is -2.37. The van der Waals surface area contributed by atoms with Gasteiger partial charge in [0.1, 0.15) is 0 Å². The summed E-state index contributed by atoms with van der Waals surface area (Å²) in [5.74, 6) is 0.699. The van der Waals surface area contributed by atoms with Gasteiger partial charge in [-0.2, -0.15) is 0 Å². The number of rotatable bonds is 7. The number of halogens is 1. The van der Waals surface area contributed by atoms with Crippen molar-refractivity contribution in [2.75, 3.05) is 19.8 Å². The van der Waals surface area contributed by atoms with Crippen LogP contribution in [0.5, 0.6) is 0 Å². The maximum Gasteiger partial charge on any atom is 0.0672 e. The van der Waals surface area contributed by atoms with Gasteiger partial charge in [0.05, 0.1) is 13.2 Å². The van der Waals surface area contributed by atoms with Gasteiger partial charge in [0.25, 0.3) is 0 Å². The molecular formula is C16H22BrNO. The Kier molecular flexibility index (Phi) is 5.61. The van der Waals surface area contributed by atoms with Crippen LogP contribution >= 0.6 is 15.9 Å². The highest BCUT2D eigenvalue weighted by atomic mass is 79.9. The van der Waals surface area contributed by atoms with Crippen molar-refractivity contribution in [3.05, 3.63) is 46.5 Å². The fraction of sp³-hybridized carbons (Fsp3) is 0.500. The summed E-state index contributed by atoms with van der Waals surface area (Å²) in [6.45, 7) is 8.18. The zero-order valence-corrected chi connectivity index (χ0v) is 13.1. The van der Waals surface area contributed by atoms with Gasteiger partial charge in [0.2, 0.25) is 0 Å². The van der Waals surface area contributed by atoms with Crippen LogP contribution in [-0.2, 0) is 4.74 Å². The Hall–Kier alpha value is -0.640. The molecule has 0 aromatic heterocycles. The molecular weight excluding hydrogens is 302 g/mol. The first-order chi connectivity index (χ1) is 9.16.